The lowest BCUT2D eigenvalue weighted by atomic mass is 10.0. The van der Waals surface area contributed by atoms with Gasteiger partial charge in [-0.1, -0.05) is 24.3 Å². The number of benzene rings is 1. The van der Waals surface area contributed by atoms with E-state index >= 15 is 0 Å². The number of ether oxygens (including phenoxy) is 1. The number of nitrogens with zero attached hydrogens (tertiary/aromatic N) is 5. The van der Waals surface area contributed by atoms with Crippen LogP contribution in [0.3, 0.4) is 0 Å². The van der Waals surface area contributed by atoms with Gasteiger partial charge in [0.2, 0.25) is 0 Å². The van der Waals surface area contributed by atoms with Gasteiger partial charge in [0.05, 0.1) is 6.04 Å². The Hall–Kier alpha value is -3.87. The van der Waals surface area contributed by atoms with Gasteiger partial charge in [0.1, 0.15) is 18.2 Å². The fourth-order valence-electron chi connectivity index (χ4n) is 3.96. The molecule has 1 aliphatic rings. The maximum atomic E-state index is 12.9. The van der Waals surface area contributed by atoms with Crippen molar-refractivity contribution in [2.45, 2.75) is 45.3 Å². The van der Waals surface area contributed by atoms with Crippen LogP contribution in [0.4, 0.5) is 0 Å². The van der Waals surface area contributed by atoms with Gasteiger partial charge in [-0.2, -0.15) is 0 Å². The highest BCUT2D eigenvalue weighted by atomic mass is 16.5. The predicted octanol–water partition coefficient (Wildman–Crippen LogP) is 4.47. The van der Waals surface area contributed by atoms with E-state index in [1.54, 1.807) is 23.0 Å². The van der Waals surface area contributed by atoms with Crippen molar-refractivity contribution in [2.24, 2.45) is 0 Å². The third-order valence-electron chi connectivity index (χ3n) is 5.95. The van der Waals surface area contributed by atoms with Gasteiger partial charge in [-0.15, -0.1) is 0 Å². The largest absolute Gasteiger partial charge is 0.485 e. The highest BCUT2D eigenvalue weighted by Crippen LogP contribution is 2.38. The highest BCUT2D eigenvalue weighted by molar-refractivity contribution is 5.61. The van der Waals surface area contributed by atoms with Gasteiger partial charge in [0.25, 0.3) is 5.56 Å². The molecule has 7 heteroatoms. The van der Waals surface area contributed by atoms with E-state index < -0.39 is 0 Å². The van der Waals surface area contributed by atoms with Crippen LogP contribution in [0, 0.1) is 6.92 Å². The zero-order valence-corrected chi connectivity index (χ0v) is 18.7. The first-order valence-electron chi connectivity index (χ1n) is 11.1. The predicted molar refractivity (Wildman–Crippen MR) is 125 cm³/mol. The summed E-state index contributed by atoms with van der Waals surface area (Å²) in [4.78, 5) is 30.2. The second-order valence-corrected chi connectivity index (χ2v) is 8.40. The van der Waals surface area contributed by atoms with Crippen molar-refractivity contribution in [3.8, 4) is 16.9 Å². The molecule has 5 rings (SSSR count). The van der Waals surface area contributed by atoms with Gasteiger partial charge in [-0.25, -0.2) is 19.9 Å². The summed E-state index contributed by atoms with van der Waals surface area (Å²) in [6.07, 6.45) is 9.51. The average molecular weight is 440 g/mol. The summed E-state index contributed by atoms with van der Waals surface area (Å²) in [5, 5.41) is 0. The maximum Gasteiger partial charge on any atom is 0.254 e. The smallest absolute Gasteiger partial charge is 0.254 e. The molecule has 0 aliphatic heterocycles. The van der Waals surface area contributed by atoms with Gasteiger partial charge < -0.3 is 9.30 Å². The first-order valence-corrected chi connectivity index (χ1v) is 11.1. The van der Waals surface area contributed by atoms with E-state index in [2.05, 4.69) is 44.2 Å². The lowest BCUT2D eigenvalue weighted by Crippen LogP contribution is -2.25. The summed E-state index contributed by atoms with van der Waals surface area (Å²) >= 11 is 0. The highest BCUT2D eigenvalue weighted by Gasteiger charge is 2.26. The van der Waals surface area contributed by atoms with Gasteiger partial charge in [0.15, 0.2) is 5.82 Å². The van der Waals surface area contributed by atoms with Crippen LogP contribution in [0.25, 0.3) is 11.1 Å². The minimum absolute atomic E-state index is 0.111. The van der Waals surface area contributed by atoms with Crippen molar-refractivity contribution >= 4 is 0 Å². The SMILES string of the molecule is Cc1cc(OCc2ncccn2)cc(=O)n1[C@H](C)c1ccc(-c2cnc(C3CC3)nc2)cc1. The maximum absolute atomic E-state index is 12.9. The fourth-order valence-corrected chi connectivity index (χ4v) is 3.96. The van der Waals surface area contributed by atoms with Gasteiger partial charge in [-0.3, -0.25) is 4.79 Å². The fraction of sp³-hybridized carbons (Fsp3) is 0.269. The molecule has 166 valence electrons. The lowest BCUT2D eigenvalue weighted by Gasteiger charge is -2.20. The van der Waals surface area contributed by atoms with E-state index in [4.69, 9.17) is 4.74 Å². The summed E-state index contributed by atoms with van der Waals surface area (Å²) in [6, 6.07) is 13.2. The topological polar surface area (TPSA) is 82.8 Å². The molecule has 0 saturated heterocycles. The van der Waals surface area contributed by atoms with E-state index in [0.29, 0.717) is 17.5 Å². The number of aromatic nitrogens is 5. The average Bonchev–Trinajstić information content (AvgIpc) is 3.69. The second kappa shape index (κ2) is 8.94. The molecule has 33 heavy (non-hydrogen) atoms. The van der Waals surface area contributed by atoms with Crippen LogP contribution in [0.2, 0.25) is 0 Å². The molecule has 1 saturated carbocycles. The third kappa shape index (κ3) is 4.67. The summed E-state index contributed by atoms with van der Waals surface area (Å²) in [6.45, 7) is 4.15. The van der Waals surface area contributed by atoms with E-state index in [1.165, 1.54) is 18.9 Å². The van der Waals surface area contributed by atoms with Crippen LogP contribution >= 0.6 is 0 Å². The zero-order chi connectivity index (χ0) is 22.8. The standard InChI is InChI=1S/C26H25N5O2/c1-17-12-23(33-16-24-27-10-3-11-28-24)13-25(32)31(17)18(2)19-4-6-20(7-5-19)22-14-29-26(30-15-22)21-8-9-21/h3-7,10-15,18,21H,8-9,16H2,1-2H3/t18-/m1/s1. The van der Waals surface area contributed by atoms with Crippen LogP contribution in [-0.2, 0) is 6.61 Å². The Morgan fingerprint density at radius 2 is 1.70 bits per heavy atom. The molecule has 1 aliphatic carbocycles. The second-order valence-electron chi connectivity index (χ2n) is 8.40. The molecule has 1 atom stereocenters. The minimum Gasteiger partial charge on any atom is -0.485 e. The number of hydrogen-bond acceptors (Lipinski definition) is 6. The van der Waals surface area contributed by atoms with Crippen molar-refractivity contribution in [1.29, 1.82) is 0 Å². The first kappa shape index (κ1) is 21.0. The Labute approximate surface area is 192 Å². The Bertz CT molecular complexity index is 1300. The molecule has 0 N–H and O–H groups in total. The van der Waals surface area contributed by atoms with Crippen molar-refractivity contribution in [3.05, 3.63) is 101 Å². The molecule has 0 unspecified atom stereocenters. The zero-order valence-electron chi connectivity index (χ0n) is 18.7. The molecule has 3 heterocycles. The molecule has 1 aromatic carbocycles. The van der Waals surface area contributed by atoms with Crippen molar-refractivity contribution in [3.63, 3.8) is 0 Å². The summed E-state index contributed by atoms with van der Waals surface area (Å²) < 4.78 is 7.51. The van der Waals surface area contributed by atoms with E-state index in [1.807, 2.05) is 32.3 Å². The van der Waals surface area contributed by atoms with E-state index in [0.717, 1.165) is 28.2 Å². The molecule has 1 fully saturated rings. The number of hydrogen-bond donors (Lipinski definition) is 0. The molecular formula is C26H25N5O2. The van der Waals surface area contributed by atoms with Gasteiger partial charge in [0, 0.05) is 48.0 Å². The summed E-state index contributed by atoms with van der Waals surface area (Å²) in [5.41, 5.74) is 3.82. The molecule has 0 radical (unpaired) electrons. The number of aryl methyl sites for hydroxylation is 1. The summed E-state index contributed by atoms with van der Waals surface area (Å²) in [7, 11) is 0. The van der Waals surface area contributed by atoms with Crippen LogP contribution < -0.4 is 10.3 Å². The molecule has 7 nitrogen and oxygen atoms in total. The molecule has 3 aromatic heterocycles. The van der Waals surface area contributed by atoms with Crippen LogP contribution in [0.1, 0.15) is 54.6 Å². The van der Waals surface area contributed by atoms with Crippen molar-refractivity contribution < 1.29 is 4.74 Å². The lowest BCUT2D eigenvalue weighted by molar-refractivity contribution is 0.294. The Kier molecular flexibility index (Phi) is 5.69. The normalized spacial score (nSPS) is 14.1. The monoisotopic (exact) mass is 439 g/mol. The van der Waals surface area contributed by atoms with Crippen molar-refractivity contribution in [1.82, 2.24) is 24.5 Å². The molecule has 0 bridgehead atoms. The Morgan fingerprint density at radius 1 is 1.00 bits per heavy atom. The molecule has 4 aromatic rings. The number of rotatable bonds is 7. The van der Waals surface area contributed by atoms with Gasteiger partial charge in [-0.05, 0) is 49.9 Å². The third-order valence-corrected chi connectivity index (χ3v) is 5.95. The summed E-state index contributed by atoms with van der Waals surface area (Å²) in [5.74, 6) is 2.58. The molecule has 0 spiro atoms. The molecular weight excluding hydrogens is 414 g/mol. The van der Waals surface area contributed by atoms with Crippen molar-refractivity contribution in [2.75, 3.05) is 0 Å². The van der Waals surface area contributed by atoms with Crippen LogP contribution in [-0.4, -0.2) is 24.5 Å². The first-order chi connectivity index (χ1) is 16.1. The quantitative estimate of drug-likeness (QED) is 0.423. The number of pyridine rings is 1. The van der Waals surface area contributed by atoms with Crippen LogP contribution in [0.5, 0.6) is 5.75 Å². The van der Waals surface area contributed by atoms with Gasteiger partial charge >= 0.3 is 0 Å². The van der Waals surface area contributed by atoms with E-state index in [-0.39, 0.29) is 18.2 Å². The Morgan fingerprint density at radius 3 is 2.33 bits per heavy atom. The molecule has 0 amide bonds. The van der Waals surface area contributed by atoms with Crippen LogP contribution in [0.15, 0.2) is 72.0 Å². The Balaban J connectivity index is 1.32. The minimum atomic E-state index is -0.119. The van der Waals surface area contributed by atoms with E-state index in [9.17, 15) is 4.79 Å².